The Labute approximate surface area is 153 Å². The zero-order valence-corrected chi connectivity index (χ0v) is 14.7. The number of nitrogens with one attached hydrogen (secondary N) is 1. The number of ether oxygens (including phenoxy) is 1. The molecule has 1 aliphatic rings. The van der Waals surface area contributed by atoms with Crippen molar-refractivity contribution in [3.63, 3.8) is 0 Å². The largest absolute Gasteiger partial charge is 0.489 e. The Morgan fingerprint density at radius 2 is 1.96 bits per heavy atom. The highest BCUT2D eigenvalue weighted by molar-refractivity contribution is 5.53. The van der Waals surface area contributed by atoms with Crippen molar-refractivity contribution in [1.29, 1.82) is 0 Å². The molecule has 0 spiro atoms. The fourth-order valence-electron chi connectivity index (χ4n) is 3.52. The fourth-order valence-corrected chi connectivity index (χ4v) is 3.52. The van der Waals surface area contributed by atoms with E-state index in [1.54, 1.807) is 6.20 Å². The summed E-state index contributed by atoms with van der Waals surface area (Å²) >= 11 is 0. The first kappa shape index (κ1) is 16.6. The van der Waals surface area contributed by atoms with Crippen LogP contribution in [0.1, 0.15) is 34.3 Å². The molecular weight excluding hydrogens is 324 g/mol. The van der Waals surface area contributed by atoms with E-state index in [-0.39, 0.29) is 5.92 Å². The maximum Gasteiger partial charge on any atom is 0.129 e. The van der Waals surface area contributed by atoms with E-state index in [0.29, 0.717) is 13.2 Å². The van der Waals surface area contributed by atoms with E-state index in [0.717, 1.165) is 33.8 Å². The van der Waals surface area contributed by atoms with Crippen LogP contribution < -0.4 is 10.1 Å². The van der Waals surface area contributed by atoms with Gasteiger partial charge in [0.1, 0.15) is 18.2 Å². The van der Waals surface area contributed by atoms with E-state index in [1.807, 2.05) is 67.6 Å². The van der Waals surface area contributed by atoms with Crippen molar-refractivity contribution in [2.75, 3.05) is 11.9 Å². The topological polar surface area (TPSA) is 54.4 Å². The Morgan fingerprint density at radius 3 is 2.81 bits per heavy atom. The van der Waals surface area contributed by atoms with E-state index in [2.05, 4.69) is 10.3 Å². The third kappa shape index (κ3) is 3.16. The molecule has 2 N–H and O–H groups in total. The van der Waals surface area contributed by atoms with Gasteiger partial charge in [-0.05, 0) is 35.7 Å². The van der Waals surface area contributed by atoms with Crippen LogP contribution in [0.3, 0.4) is 0 Å². The first-order valence-electron chi connectivity index (χ1n) is 8.87. The molecule has 0 saturated carbocycles. The molecule has 2 atom stereocenters. The van der Waals surface area contributed by atoms with Gasteiger partial charge in [0.25, 0.3) is 0 Å². The quantitative estimate of drug-likeness (QED) is 0.726. The number of anilines is 1. The first-order valence-corrected chi connectivity index (χ1v) is 8.87. The average molecular weight is 346 g/mol. The lowest BCUT2D eigenvalue weighted by Gasteiger charge is -2.22. The fraction of sp³-hybridized carbons (Fsp3) is 0.227. The molecule has 3 aromatic rings. The Bertz CT molecular complexity index is 896. The minimum atomic E-state index is -0.603. The summed E-state index contributed by atoms with van der Waals surface area (Å²) in [6, 6.07) is 19.9. The van der Waals surface area contributed by atoms with Crippen molar-refractivity contribution in [3.05, 3.63) is 89.1 Å². The maximum absolute atomic E-state index is 11.0. The molecule has 4 heteroatoms. The summed E-state index contributed by atoms with van der Waals surface area (Å²) in [5, 5.41) is 14.3. The van der Waals surface area contributed by atoms with Crippen molar-refractivity contribution < 1.29 is 9.84 Å². The van der Waals surface area contributed by atoms with E-state index in [4.69, 9.17) is 4.74 Å². The molecule has 26 heavy (non-hydrogen) atoms. The number of hydrogen-bond donors (Lipinski definition) is 2. The highest BCUT2D eigenvalue weighted by Crippen LogP contribution is 2.40. The molecule has 2 unspecified atom stereocenters. The van der Waals surface area contributed by atoms with Crippen molar-refractivity contribution >= 4 is 5.82 Å². The van der Waals surface area contributed by atoms with Gasteiger partial charge < -0.3 is 15.2 Å². The highest BCUT2D eigenvalue weighted by Gasteiger charge is 2.31. The van der Waals surface area contributed by atoms with Gasteiger partial charge in [0, 0.05) is 24.2 Å². The second kappa shape index (κ2) is 7.18. The van der Waals surface area contributed by atoms with Gasteiger partial charge in [-0.3, -0.25) is 0 Å². The minimum absolute atomic E-state index is 0.0122. The molecule has 1 aromatic heterocycles. The molecule has 1 aliphatic heterocycles. The molecule has 0 aliphatic carbocycles. The number of nitrogens with zero attached hydrogens (tertiary/aromatic N) is 1. The third-order valence-corrected chi connectivity index (χ3v) is 4.99. The second-order valence-corrected chi connectivity index (χ2v) is 6.62. The standard InChI is InChI=1S/C22H22N2O2/c1-15-17(21(25)19-13-24-22-18(19)10-6-12-23-22)9-5-11-20(15)26-14-16-7-3-2-4-8-16/h2-12,19,21,25H,13-14H2,1H3,(H,23,24). The summed E-state index contributed by atoms with van der Waals surface area (Å²) < 4.78 is 6.01. The van der Waals surface area contributed by atoms with E-state index in [9.17, 15) is 5.11 Å². The summed E-state index contributed by atoms with van der Waals surface area (Å²) in [6.45, 7) is 3.20. The number of aliphatic hydroxyl groups excluding tert-OH is 1. The molecule has 2 heterocycles. The molecule has 4 rings (SSSR count). The van der Waals surface area contributed by atoms with Gasteiger partial charge in [0.2, 0.25) is 0 Å². The van der Waals surface area contributed by atoms with Crippen LogP contribution in [0.5, 0.6) is 5.75 Å². The van der Waals surface area contributed by atoms with Gasteiger partial charge in [-0.25, -0.2) is 4.98 Å². The number of rotatable bonds is 5. The van der Waals surface area contributed by atoms with Crippen LogP contribution in [0.15, 0.2) is 66.9 Å². The van der Waals surface area contributed by atoms with Crippen LogP contribution in [0.4, 0.5) is 5.82 Å². The SMILES string of the molecule is Cc1c(OCc2ccccc2)cccc1C(O)C1CNc2ncccc21. The predicted octanol–water partition coefficient (Wildman–Crippen LogP) is 4.21. The van der Waals surface area contributed by atoms with Gasteiger partial charge in [0.05, 0.1) is 6.10 Å². The Morgan fingerprint density at radius 1 is 1.12 bits per heavy atom. The van der Waals surface area contributed by atoms with Crippen LogP contribution in [0, 0.1) is 6.92 Å². The maximum atomic E-state index is 11.0. The molecule has 4 nitrogen and oxygen atoms in total. The molecule has 2 aromatic carbocycles. The average Bonchev–Trinajstić information content (AvgIpc) is 3.12. The van der Waals surface area contributed by atoms with Crippen LogP contribution in [-0.4, -0.2) is 16.6 Å². The summed E-state index contributed by atoms with van der Waals surface area (Å²) in [5.41, 5.74) is 4.07. The smallest absolute Gasteiger partial charge is 0.129 e. The van der Waals surface area contributed by atoms with E-state index in [1.165, 1.54) is 0 Å². The Balaban J connectivity index is 1.56. The van der Waals surface area contributed by atoms with Gasteiger partial charge in [-0.15, -0.1) is 0 Å². The number of aliphatic hydroxyl groups is 1. The molecule has 0 saturated heterocycles. The Hall–Kier alpha value is -2.85. The monoisotopic (exact) mass is 346 g/mol. The number of pyridine rings is 1. The lowest BCUT2D eigenvalue weighted by atomic mass is 9.89. The van der Waals surface area contributed by atoms with Crippen LogP contribution >= 0.6 is 0 Å². The van der Waals surface area contributed by atoms with Gasteiger partial charge in [-0.1, -0.05) is 48.5 Å². The molecule has 132 valence electrons. The third-order valence-electron chi connectivity index (χ3n) is 4.99. The van der Waals surface area contributed by atoms with Crippen LogP contribution in [0.2, 0.25) is 0 Å². The molecule has 0 fully saturated rings. The van der Waals surface area contributed by atoms with Crippen LogP contribution in [0.25, 0.3) is 0 Å². The zero-order valence-electron chi connectivity index (χ0n) is 14.7. The summed E-state index contributed by atoms with van der Waals surface area (Å²) in [7, 11) is 0. The lowest BCUT2D eigenvalue weighted by Crippen LogP contribution is -2.14. The van der Waals surface area contributed by atoms with Crippen molar-refractivity contribution in [2.24, 2.45) is 0 Å². The normalized spacial score (nSPS) is 16.6. The van der Waals surface area contributed by atoms with Crippen molar-refractivity contribution in [3.8, 4) is 5.75 Å². The van der Waals surface area contributed by atoms with Crippen molar-refractivity contribution in [2.45, 2.75) is 25.6 Å². The summed E-state index contributed by atoms with van der Waals surface area (Å²) in [4.78, 5) is 4.34. The Kier molecular flexibility index (Phi) is 4.59. The number of fused-ring (bicyclic) bond motifs is 1. The number of benzene rings is 2. The molecular formula is C22H22N2O2. The van der Waals surface area contributed by atoms with Gasteiger partial charge >= 0.3 is 0 Å². The highest BCUT2D eigenvalue weighted by atomic mass is 16.5. The summed E-state index contributed by atoms with van der Waals surface area (Å²) in [5.74, 6) is 1.66. The lowest BCUT2D eigenvalue weighted by molar-refractivity contribution is 0.150. The molecule has 0 bridgehead atoms. The van der Waals surface area contributed by atoms with Gasteiger partial charge in [0.15, 0.2) is 0 Å². The van der Waals surface area contributed by atoms with Crippen molar-refractivity contribution in [1.82, 2.24) is 4.98 Å². The van der Waals surface area contributed by atoms with Crippen LogP contribution in [-0.2, 0) is 6.61 Å². The van der Waals surface area contributed by atoms with Gasteiger partial charge in [-0.2, -0.15) is 0 Å². The summed E-state index contributed by atoms with van der Waals surface area (Å²) in [6.07, 6.45) is 1.16. The van der Waals surface area contributed by atoms with E-state index >= 15 is 0 Å². The minimum Gasteiger partial charge on any atom is -0.489 e. The predicted molar refractivity (Wildman–Crippen MR) is 102 cm³/mol. The first-order chi connectivity index (χ1) is 12.7. The molecule has 0 amide bonds. The number of hydrogen-bond acceptors (Lipinski definition) is 4. The second-order valence-electron chi connectivity index (χ2n) is 6.62. The van der Waals surface area contributed by atoms with E-state index < -0.39 is 6.10 Å². The number of aromatic nitrogens is 1. The molecule has 0 radical (unpaired) electrons. The zero-order chi connectivity index (χ0) is 17.9.